The zero-order chi connectivity index (χ0) is 15.9. The summed E-state index contributed by atoms with van der Waals surface area (Å²) >= 11 is 5.99. The molecule has 2 heterocycles. The number of aromatic amines is 1. The summed E-state index contributed by atoms with van der Waals surface area (Å²) in [6, 6.07) is 2.81. The van der Waals surface area contributed by atoms with E-state index in [0.29, 0.717) is 17.2 Å². The molecule has 0 atom stereocenters. The molecule has 0 radical (unpaired) electrons. The van der Waals surface area contributed by atoms with Crippen LogP contribution in [0.1, 0.15) is 28.2 Å². The van der Waals surface area contributed by atoms with Gasteiger partial charge < -0.3 is 14.8 Å². The van der Waals surface area contributed by atoms with Crippen molar-refractivity contribution >= 4 is 23.2 Å². The average Bonchev–Trinajstić information content (AvgIpc) is 3.06. The zero-order valence-corrected chi connectivity index (χ0v) is 12.0. The normalized spacial score (nSPS) is 12.8. The van der Waals surface area contributed by atoms with Crippen LogP contribution in [0.15, 0.2) is 12.1 Å². The lowest BCUT2D eigenvalue weighted by atomic mass is 10.1. The van der Waals surface area contributed by atoms with Crippen LogP contribution in [-0.4, -0.2) is 22.9 Å². The van der Waals surface area contributed by atoms with Gasteiger partial charge in [-0.2, -0.15) is 5.10 Å². The molecule has 0 saturated heterocycles. The summed E-state index contributed by atoms with van der Waals surface area (Å²) in [5.41, 5.74) is -0.0722. The van der Waals surface area contributed by atoms with Gasteiger partial charge in [0, 0.05) is 5.56 Å². The number of nitrogens with zero attached hydrogens (tertiary/aromatic N) is 1. The van der Waals surface area contributed by atoms with Gasteiger partial charge in [0.15, 0.2) is 17.2 Å². The summed E-state index contributed by atoms with van der Waals surface area (Å²) in [7, 11) is 0. The number of alkyl halides is 2. The molecular weight excluding hydrogens is 320 g/mol. The van der Waals surface area contributed by atoms with Crippen LogP contribution in [-0.2, 0) is 0 Å². The minimum absolute atomic E-state index is 0.0104. The quantitative estimate of drug-likeness (QED) is 0.906. The zero-order valence-electron chi connectivity index (χ0n) is 11.2. The molecule has 3 rings (SSSR count). The van der Waals surface area contributed by atoms with Gasteiger partial charge in [0.2, 0.25) is 6.79 Å². The lowest BCUT2D eigenvalue weighted by molar-refractivity contribution is 0.102. The molecule has 116 valence electrons. The van der Waals surface area contributed by atoms with Crippen molar-refractivity contribution in [3.05, 3.63) is 34.1 Å². The third kappa shape index (κ3) is 2.45. The number of ether oxygens (including phenoxy) is 2. The number of benzene rings is 1. The van der Waals surface area contributed by atoms with E-state index < -0.39 is 18.0 Å². The van der Waals surface area contributed by atoms with Crippen LogP contribution >= 0.6 is 11.6 Å². The maximum atomic E-state index is 12.8. The minimum atomic E-state index is -2.81. The van der Waals surface area contributed by atoms with Gasteiger partial charge in [-0.1, -0.05) is 11.6 Å². The molecule has 2 N–H and O–H groups in total. The summed E-state index contributed by atoms with van der Waals surface area (Å²) in [5.74, 6) is 0.0771. The smallest absolute Gasteiger partial charge is 0.284 e. The fraction of sp³-hybridized carbons (Fsp3) is 0.231. The van der Waals surface area contributed by atoms with Gasteiger partial charge in [-0.3, -0.25) is 9.89 Å². The molecule has 0 bridgehead atoms. The monoisotopic (exact) mass is 329 g/mol. The Morgan fingerprint density at radius 2 is 2.23 bits per heavy atom. The van der Waals surface area contributed by atoms with Crippen molar-refractivity contribution in [3.8, 4) is 11.5 Å². The van der Waals surface area contributed by atoms with Crippen molar-refractivity contribution in [2.75, 3.05) is 12.1 Å². The first-order chi connectivity index (χ1) is 10.5. The van der Waals surface area contributed by atoms with Gasteiger partial charge in [-0.25, -0.2) is 8.78 Å². The van der Waals surface area contributed by atoms with Gasteiger partial charge in [0.05, 0.1) is 16.4 Å². The minimum Gasteiger partial charge on any atom is -0.454 e. The molecule has 0 saturated carbocycles. The lowest BCUT2D eigenvalue weighted by Gasteiger charge is -2.08. The van der Waals surface area contributed by atoms with Crippen LogP contribution in [0.25, 0.3) is 0 Å². The third-order valence-electron chi connectivity index (χ3n) is 3.11. The van der Waals surface area contributed by atoms with E-state index in [9.17, 15) is 13.6 Å². The summed E-state index contributed by atoms with van der Waals surface area (Å²) in [5, 5.41) is 8.50. The van der Waals surface area contributed by atoms with Gasteiger partial charge in [-0.15, -0.1) is 0 Å². The number of halogens is 3. The molecule has 1 aliphatic heterocycles. The van der Waals surface area contributed by atoms with E-state index in [2.05, 4.69) is 15.5 Å². The van der Waals surface area contributed by atoms with Crippen molar-refractivity contribution in [2.45, 2.75) is 13.3 Å². The predicted octanol–water partition coefficient (Wildman–Crippen LogP) is 3.29. The molecule has 2 aromatic rings. The highest BCUT2D eigenvalue weighted by Gasteiger charge is 2.24. The maximum Gasteiger partial charge on any atom is 0.284 e. The number of hydrogen-bond donors (Lipinski definition) is 2. The molecule has 1 aliphatic rings. The Labute approximate surface area is 128 Å². The predicted molar refractivity (Wildman–Crippen MR) is 73.8 cm³/mol. The number of amides is 1. The number of carbonyl (C=O) groups excluding carboxylic acids is 1. The van der Waals surface area contributed by atoms with Crippen molar-refractivity contribution < 1.29 is 23.0 Å². The van der Waals surface area contributed by atoms with E-state index in [1.54, 1.807) is 0 Å². The summed E-state index contributed by atoms with van der Waals surface area (Å²) in [4.78, 5) is 12.2. The number of carbonyl (C=O) groups is 1. The van der Waals surface area contributed by atoms with Crippen molar-refractivity contribution in [2.24, 2.45) is 0 Å². The largest absolute Gasteiger partial charge is 0.454 e. The Morgan fingerprint density at radius 3 is 2.95 bits per heavy atom. The van der Waals surface area contributed by atoms with Gasteiger partial charge in [0.25, 0.3) is 12.3 Å². The summed E-state index contributed by atoms with van der Waals surface area (Å²) < 4.78 is 36.0. The van der Waals surface area contributed by atoms with Crippen molar-refractivity contribution in [3.63, 3.8) is 0 Å². The van der Waals surface area contributed by atoms with Gasteiger partial charge in [0.1, 0.15) is 0 Å². The first-order valence-electron chi connectivity index (χ1n) is 6.21. The van der Waals surface area contributed by atoms with E-state index in [0.717, 1.165) is 0 Å². The summed E-state index contributed by atoms with van der Waals surface area (Å²) in [6.45, 7) is 1.54. The van der Waals surface area contributed by atoms with E-state index in [1.165, 1.54) is 19.1 Å². The second-order valence-corrected chi connectivity index (χ2v) is 4.96. The Hall–Kier alpha value is -2.35. The van der Waals surface area contributed by atoms with Crippen LogP contribution in [0.4, 0.5) is 14.5 Å². The van der Waals surface area contributed by atoms with Crippen molar-refractivity contribution in [1.29, 1.82) is 0 Å². The Kier molecular flexibility index (Phi) is 3.61. The van der Waals surface area contributed by atoms with E-state index in [4.69, 9.17) is 21.1 Å². The maximum absolute atomic E-state index is 12.8. The van der Waals surface area contributed by atoms with E-state index in [-0.39, 0.29) is 23.1 Å². The molecule has 1 amide bonds. The second-order valence-electron chi connectivity index (χ2n) is 4.56. The molecule has 1 aromatic heterocycles. The second kappa shape index (κ2) is 5.45. The summed E-state index contributed by atoms with van der Waals surface area (Å²) in [6.07, 6.45) is -2.81. The highest BCUT2D eigenvalue weighted by molar-refractivity contribution is 6.32. The fourth-order valence-electron chi connectivity index (χ4n) is 2.05. The molecule has 0 unspecified atom stereocenters. The standard InChI is InChI=1S/C13H10ClF2N3O3/c1-5-9(10(12(15)16)19-18-5)17-13(20)6-2-7(14)11-8(3-6)21-4-22-11/h2-3,12H,4H2,1H3,(H,17,20)(H,18,19). The first kappa shape index (κ1) is 14.6. The third-order valence-corrected chi connectivity index (χ3v) is 3.39. The number of anilines is 1. The molecule has 0 spiro atoms. The number of H-pyrrole nitrogens is 1. The van der Waals surface area contributed by atoms with E-state index >= 15 is 0 Å². The van der Waals surface area contributed by atoms with Crippen LogP contribution < -0.4 is 14.8 Å². The molecule has 0 aliphatic carbocycles. The van der Waals surface area contributed by atoms with Crippen LogP contribution in [0.3, 0.4) is 0 Å². The lowest BCUT2D eigenvalue weighted by Crippen LogP contribution is -2.13. The number of rotatable bonds is 3. The first-order valence-corrected chi connectivity index (χ1v) is 6.58. The molecule has 9 heteroatoms. The average molecular weight is 330 g/mol. The Bertz CT molecular complexity index is 748. The Morgan fingerprint density at radius 1 is 1.45 bits per heavy atom. The molecule has 0 fully saturated rings. The Balaban J connectivity index is 1.90. The molecule has 1 aromatic carbocycles. The molecular formula is C13H10ClF2N3O3. The van der Waals surface area contributed by atoms with Gasteiger partial charge in [-0.05, 0) is 19.1 Å². The van der Waals surface area contributed by atoms with Crippen LogP contribution in [0, 0.1) is 6.92 Å². The molecule has 6 nitrogen and oxygen atoms in total. The van der Waals surface area contributed by atoms with Crippen molar-refractivity contribution in [1.82, 2.24) is 10.2 Å². The number of aromatic nitrogens is 2. The number of hydrogen-bond acceptors (Lipinski definition) is 4. The number of aryl methyl sites for hydroxylation is 1. The molecule has 22 heavy (non-hydrogen) atoms. The highest BCUT2D eigenvalue weighted by Crippen LogP contribution is 2.40. The topological polar surface area (TPSA) is 76.2 Å². The highest BCUT2D eigenvalue weighted by atomic mass is 35.5. The fourth-order valence-corrected chi connectivity index (χ4v) is 2.31. The van der Waals surface area contributed by atoms with E-state index in [1.807, 2.05) is 0 Å². The van der Waals surface area contributed by atoms with Crippen LogP contribution in [0.2, 0.25) is 5.02 Å². The van der Waals surface area contributed by atoms with Gasteiger partial charge >= 0.3 is 0 Å². The number of fused-ring (bicyclic) bond motifs is 1. The van der Waals surface area contributed by atoms with Crippen LogP contribution in [0.5, 0.6) is 11.5 Å². The SMILES string of the molecule is Cc1[nH]nc(C(F)F)c1NC(=O)c1cc(Cl)c2c(c1)OCO2. The number of nitrogens with one attached hydrogen (secondary N) is 2.